The van der Waals surface area contributed by atoms with Crippen molar-refractivity contribution in [2.24, 2.45) is 0 Å². The Bertz CT molecular complexity index is 630. The number of esters is 1. The number of phenols is 1. The summed E-state index contributed by atoms with van der Waals surface area (Å²) in [5.41, 5.74) is 1.69. The van der Waals surface area contributed by atoms with Gasteiger partial charge in [0.25, 0.3) is 0 Å². The first kappa shape index (κ1) is 13.9. The fourth-order valence-electron chi connectivity index (χ4n) is 1.77. The van der Waals surface area contributed by atoms with E-state index in [-0.39, 0.29) is 5.75 Å². The summed E-state index contributed by atoms with van der Waals surface area (Å²) in [4.78, 5) is 11.7. The van der Waals surface area contributed by atoms with Crippen molar-refractivity contribution in [3.8, 4) is 11.5 Å². The second-order valence-electron chi connectivity index (χ2n) is 4.31. The zero-order chi connectivity index (χ0) is 14.4. The van der Waals surface area contributed by atoms with Gasteiger partial charge < -0.3 is 9.84 Å². The van der Waals surface area contributed by atoms with Crippen LogP contribution in [0.4, 0.5) is 0 Å². The minimum atomic E-state index is -0.471. The standard InChI is InChI=1S/C17H16O3/c1-2-13-6-5-8-15(12-13)20-17(19)11-10-14-7-3-4-9-16(14)18/h3-12,18H,2H2,1H3/b11-10+. The van der Waals surface area contributed by atoms with Crippen molar-refractivity contribution in [3.63, 3.8) is 0 Å². The number of hydrogen-bond acceptors (Lipinski definition) is 3. The summed E-state index contributed by atoms with van der Waals surface area (Å²) < 4.78 is 5.21. The molecule has 0 aliphatic heterocycles. The number of aryl methyl sites for hydroxylation is 1. The fraction of sp³-hybridized carbons (Fsp3) is 0.118. The molecule has 2 aromatic rings. The highest BCUT2D eigenvalue weighted by atomic mass is 16.5. The van der Waals surface area contributed by atoms with E-state index in [4.69, 9.17) is 4.74 Å². The van der Waals surface area contributed by atoms with Crippen LogP contribution in [0.15, 0.2) is 54.6 Å². The van der Waals surface area contributed by atoms with Gasteiger partial charge in [0.05, 0.1) is 0 Å². The molecule has 3 heteroatoms. The number of para-hydroxylation sites is 1. The number of carbonyl (C=O) groups is 1. The van der Waals surface area contributed by atoms with E-state index in [9.17, 15) is 9.90 Å². The van der Waals surface area contributed by atoms with Crippen LogP contribution in [-0.2, 0) is 11.2 Å². The Balaban J connectivity index is 2.04. The van der Waals surface area contributed by atoms with Gasteiger partial charge in [-0.05, 0) is 36.3 Å². The lowest BCUT2D eigenvalue weighted by Crippen LogP contribution is -2.03. The van der Waals surface area contributed by atoms with Crippen LogP contribution >= 0.6 is 0 Å². The molecule has 0 bridgehead atoms. The maximum absolute atomic E-state index is 11.7. The van der Waals surface area contributed by atoms with Crippen LogP contribution in [0.1, 0.15) is 18.1 Å². The van der Waals surface area contributed by atoms with Gasteiger partial charge in [-0.15, -0.1) is 0 Å². The van der Waals surface area contributed by atoms with Gasteiger partial charge in [-0.3, -0.25) is 0 Å². The summed E-state index contributed by atoms with van der Waals surface area (Å²) in [5, 5.41) is 9.58. The molecule has 0 unspecified atom stereocenters. The third kappa shape index (κ3) is 3.72. The zero-order valence-electron chi connectivity index (χ0n) is 11.2. The van der Waals surface area contributed by atoms with Gasteiger partial charge in [0.1, 0.15) is 11.5 Å². The molecular weight excluding hydrogens is 252 g/mol. The number of rotatable bonds is 4. The number of ether oxygens (including phenoxy) is 1. The van der Waals surface area contributed by atoms with E-state index < -0.39 is 5.97 Å². The third-order valence-electron chi connectivity index (χ3n) is 2.86. The van der Waals surface area contributed by atoms with Crippen molar-refractivity contribution in [3.05, 3.63) is 65.7 Å². The van der Waals surface area contributed by atoms with E-state index in [0.717, 1.165) is 12.0 Å². The predicted octanol–water partition coefficient (Wildman–Crippen LogP) is 3.57. The first-order valence-corrected chi connectivity index (χ1v) is 6.46. The molecular formula is C17H16O3. The van der Waals surface area contributed by atoms with Gasteiger partial charge in [0.2, 0.25) is 0 Å². The molecule has 0 aliphatic rings. The van der Waals surface area contributed by atoms with Crippen molar-refractivity contribution in [1.82, 2.24) is 0 Å². The SMILES string of the molecule is CCc1cccc(OC(=O)/C=C/c2ccccc2O)c1. The second-order valence-corrected chi connectivity index (χ2v) is 4.31. The molecule has 102 valence electrons. The van der Waals surface area contributed by atoms with Gasteiger partial charge in [-0.25, -0.2) is 4.79 Å². The van der Waals surface area contributed by atoms with Crippen LogP contribution in [0.5, 0.6) is 11.5 Å². The van der Waals surface area contributed by atoms with E-state index in [0.29, 0.717) is 11.3 Å². The molecule has 1 N–H and O–H groups in total. The number of benzene rings is 2. The minimum Gasteiger partial charge on any atom is -0.507 e. The van der Waals surface area contributed by atoms with Crippen molar-refractivity contribution in [1.29, 1.82) is 0 Å². The van der Waals surface area contributed by atoms with Gasteiger partial charge in [0, 0.05) is 11.6 Å². The molecule has 0 saturated heterocycles. The highest BCUT2D eigenvalue weighted by Crippen LogP contribution is 2.18. The van der Waals surface area contributed by atoms with Gasteiger partial charge >= 0.3 is 5.97 Å². The van der Waals surface area contributed by atoms with E-state index in [1.807, 2.05) is 25.1 Å². The van der Waals surface area contributed by atoms with Gasteiger partial charge in [-0.2, -0.15) is 0 Å². The van der Waals surface area contributed by atoms with Gasteiger partial charge in [0.15, 0.2) is 0 Å². The van der Waals surface area contributed by atoms with E-state index in [2.05, 4.69) is 0 Å². The molecule has 0 radical (unpaired) electrons. The molecule has 2 rings (SSSR count). The van der Waals surface area contributed by atoms with E-state index in [1.165, 1.54) is 12.2 Å². The van der Waals surface area contributed by atoms with Crippen molar-refractivity contribution < 1.29 is 14.6 Å². The van der Waals surface area contributed by atoms with E-state index in [1.54, 1.807) is 30.3 Å². The summed E-state index contributed by atoms with van der Waals surface area (Å²) in [7, 11) is 0. The molecule has 0 fully saturated rings. The Morgan fingerprint density at radius 3 is 2.75 bits per heavy atom. The van der Waals surface area contributed by atoms with E-state index >= 15 is 0 Å². The van der Waals surface area contributed by atoms with Crippen LogP contribution in [0, 0.1) is 0 Å². The Morgan fingerprint density at radius 2 is 2.00 bits per heavy atom. The molecule has 0 saturated carbocycles. The first-order valence-electron chi connectivity index (χ1n) is 6.46. The number of phenolic OH excluding ortho intramolecular Hbond substituents is 1. The highest BCUT2D eigenvalue weighted by molar-refractivity contribution is 5.89. The molecule has 3 nitrogen and oxygen atoms in total. The molecule has 0 atom stereocenters. The third-order valence-corrected chi connectivity index (χ3v) is 2.86. The predicted molar refractivity (Wildman–Crippen MR) is 78.6 cm³/mol. The van der Waals surface area contributed by atoms with Crippen LogP contribution in [0.2, 0.25) is 0 Å². The molecule has 2 aromatic carbocycles. The van der Waals surface area contributed by atoms with Crippen LogP contribution in [-0.4, -0.2) is 11.1 Å². The molecule has 0 spiro atoms. The molecule has 0 amide bonds. The van der Waals surface area contributed by atoms with Crippen LogP contribution in [0.3, 0.4) is 0 Å². The summed E-state index contributed by atoms with van der Waals surface area (Å²) in [5.74, 6) is 0.183. The number of hydrogen-bond donors (Lipinski definition) is 1. The molecule has 0 heterocycles. The Kier molecular flexibility index (Phi) is 4.56. The smallest absolute Gasteiger partial charge is 0.336 e. The topological polar surface area (TPSA) is 46.5 Å². The highest BCUT2D eigenvalue weighted by Gasteiger charge is 2.02. The molecule has 0 aliphatic carbocycles. The van der Waals surface area contributed by atoms with Gasteiger partial charge in [-0.1, -0.05) is 37.3 Å². The van der Waals surface area contributed by atoms with Crippen LogP contribution in [0.25, 0.3) is 6.08 Å². The lowest BCUT2D eigenvalue weighted by molar-refractivity contribution is -0.128. The number of carbonyl (C=O) groups excluding carboxylic acids is 1. The summed E-state index contributed by atoms with van der Waals surface area (Å²) in [6, 6.07) is 14.2. The molecule has 0 aromatic heterocycles. The average molecular weight is 268 g/mol. The Hall–Kier alpha value is -2.55. The lowest BCUT2D eigenvalue weighted by Gasteiger charge is -2.03. The monoisotopic (exact) mass is 268 g/mol. The summed E-state index contributed by atoms with van der Waals surface area (Å²) in [6.45, 7) is 2.04. The lowest BCUT2D eigenvalue weighted by atomic mass is 10.2. The largest absolute Gasteiger partial charge is 0.507 e. The minimum absolute atomic E-state index is 0.129. The van der Waals surface area contributed by atoms with Crippen molar-refractivity contribution >= 4 is 12.0 Å². The summed E-state index contributed by atoms with van der Waals surface area (Å²) in [6.07, 6.45) is 3.72. The van der Waals surface area contributed by atoms with Crippen LogP contribution < -0.4 is 4.74 Å². The zero-order valence-corrected chi connectivity index (χ0v) is 11.2. The van der Waals surface area contributed by atoms with Crippen molar-refractivity contribution in [2.45, 2.75) is 13.3 Å². The number of aromatic hydroxyl groups is 1. The maximum Gasteiger partial charge on any atom is 0.336 e. The fourth-order valence-corrected chi connectivity index (χ4v) is 1.77. The quantitative estimate of drug-likeness (QED) is 0.524. The Labute approximate surface area is 118 Å². The Morgan fingerprint density at radius 1 is 1.20 bits per heavy atom. The second kappa shape index (κ2) is 6.57. The molecule has 20 heavy (non-hydrogen) atoms. The summed E-state index contributed by atoms with van der Waals surface area (Å²) >= 11 is 0. The first-order chi connectivity index (χ1) is 9.69. The van der Waals surface area contributed by atoms with Crippen molar-refractivity contribution in [2.75, 3.05) is 0 Å². The maximum atomic E-state index is 11.7. The average Bonchev–Trinajstić information content (AvgIpc) is 2.46. The normalized spacial score (nSPS) is 10.7.